The number of hydrogen-bond acceptors (Lipinski definition) is 3. The number of nitrogens with one attached hydrogen (secondary N) is 1. The van der Waals surface area contributed by atoms with Crippen LogP contribution in [-0.4, -0.2) is 28.3 Å². The fourth-order valence-electron chi connectivity index (χ4n) is 0.943. The maximum Gasteiger partial charge on any atom is 0.407 e. The Morgan fingerprint density at radius 3 is 2.29 bits per heavy atom. The van der Waals surface area contributed by atoms with Crippen molar-refractivity contribution in [3.63, 3.8) is 0 Å². The highest BCUT2D eigenvalue weighted by atomic mass is 16.4. The van der Waals surface area contributed by atoms with E-state index in [9.17, 15) is 9.59 Å². The van der Waals surface area contributed by atoms with Gasteiger partial charge in [-0.2, -0.15) is 0 Å². The molecule has 3 N–H and O–H groups in total. The Morgan fingerprint density at radius 2 is 1.79 bits per heavy atom. The molecule has 0 aliphatic carbocycles. The number of carboxylic acid groups (broad SMARTS) is 1. The maximum absolute atomic E-state index is 11.3. The Morgan fingerprint density at radius 1 is 1.21 bits per heavy atom. The quantitative estimate of drug-likeness (QED) is 0.483. The van der Waals surface area contributed by atoms with Crippen LogP contribution in [0.2, 0.25) is 0 Å². The van der Waals surface area contributed by atoms with Crippen molar-refractivity contribution in [1.29, 1.82) is 0 Å². The Hall–Kier alpha value is -1.88. The molecule has 0 aliphatic rings. The van der Waals surface area contributed by atoms with Gasteiger partial charge in [0.15, 0.2) is 6.23 Å². The van der Waals surface area contributed by atoms with Gasteiger partial charge in [0.25, 0.3) is 0 Å². The van der Waals surface area contributed by atoms with Crippen molar-refractivity contribution in [3.05, 3.63) is 35.9 Å². The average molecular weight is 195 g/mol. The number of benzene rings is 1. The van der Waals surface area contributed by atoms with Crippen LogP contribution >= 0.6 is 0 Å². The summed E-state index contributed by atoms with van der Waals surface area (Å²) in [5, 5.41) is 19.0. The Labute approximate surface area is 80.0 Å². The van der Waals surface area contributed by atoms with Crippen LogP contribution in [0, 0.1) is 0 Å². The summed E-state index contributed by atoms with van der Waals surface area (Å²) in [6.45, 7) is 0. The summed E-state index contributed by atoms with van der Waals surface area (Å²) in [6, 6.07) is 7.96. The van der Waals surface area contributed by atoms with Crippen LogP contribution in [0.15, 0.2) is 30.3 Å². The molecule has 5 heteroatoms. The minimum Gasteiger partial charge on any atom is -0.465 e. The van der Waals surface area contributed by atoms with Gasteiger partial charge in [0.05, 0.1) is 0 Å². The smallest absolute Gasteiger partial charge is 0.407 e. The molecule has 5 nitrogen and oxygen atoms in total. The van der Waals surface area contributed by atoms with E-state index < -0.39 is 18.1 Å². The summed E-state index contributed by atoms with van der Waals surface area (Å²) in [6.07, 6.45) is -3.16. The normalized spacial score (nSPS) is 11.8. The van der Waals surface area contributed by atoms with Crippen LogP contribution in [0.25, 0.3) is 0 Å². The molecular weight excluding hydrogens is 186 g/mol. The molecule has 0 bridgehead atoms. The standard InChI is InChI=1S/C9H9NO4/c11-7(8(12)10-9(13)14)6-4-2-1-3-5-6/h1-5,8,10,12H,(H,13,14). The molecule has 0 spiro atoms. The zero-order valence-electron chi connectivity index (χ0n) is 7.18. The molecule has 0 saturated carbocycles. The fraction of sp³-hybridized carbons (Fsp3) is 0.111. The van der Waals surface area contributed by atoms with Crippen LogP contribution in [-0.2, 0) is 0 Å². The van der Waals surface area contributed by atoms with Gasteiger partial charge >= 0.3 is 6.09 Å². The van der Waals surface area contributed by atoms with Gasteiger partial charge in [-0.15, -0.1) is 0 Å². The molecule has 1 atom stereocenters. The molecule has 14 heavy (non-hydrogen) atoms. The highest BCUT2D eigenvalue weighted by Gasteiger charge is 2.17. The first-order valence-corrected chi connectivity index (χ1v) is 3.88. The zero-order chi connectivity index (χ0) is 10.6. The lowest BCUT2D eigenvalue weighted by Gasteiger charge is -2.08. The van der Waals surface area contributed by atoms with E-state index in [4.69, 9.17) is 10.2 Å². The highest BCUT2D eigenvalue weighted by Crippen LogP contribution is 2.01. The second-order valence-electron chi connectivity index (χ2n) is 2.58. The van der Waals surface area contributed by atoms with E-state index >= 15 is 0 Å². The van der Waals surface area contributed by atoms with Crippen molar-refractivity contribution >= 4 is 11.9 Å². The SMILES string of the molecule is O=C(O)NC(O)C(=O)c1ccccc1. The van der Waals surface area contributed by atoms with Crippen molar-refractivity contribution in [1.82, 2.24) is 5.32 Å². The minimum atomic E-state index is -1.71. The lowest BCUT2D eigenvalue weighted by atomic mass is 10.1. The number of hydrogen-bond donors (Lipinski definition) is 3. The lowest BCUT2D eigenvalue weighted by Crippen LogP contribution is -2.39. The molecule has 1 amide bonds. The van der Waals surface area contributed by atoms with Crippen molar-refractivity contribution in [2.24, 2.45) is 0 Å². The second kappa shape index (κ2) is 4.38. The molecule has 74 valence electrons. The molecule has 1 unspecified atom stereocenters. The van der Waals surface area contributed by atoms with E-state index in [-0.39, 0.29) is 5.56 Å². The monoisotopic (exact) mass is 195 g/mol. The number of ketones is 1. The van der Waals surface area contributed by atoms with Crippen LogP contribution in [0.4, 0.5) is 4.79 Å². The third-order valence-corrected chi connectivity index (χ3v) is 1.57. The molecule has 0 heterocycles. The Balaban J connectivity index is 2.71. The third kappa shape index (κ3) is 2.56. The minimum absolute atomic E-state index is 0.258. The Kier molecular flexibility index (Phi) is 3.19. The first-order valence-electron chi connectivity index (χ1n) is 3.88. The van der Waals surface area contributed by atoms with Crippen LogP contribution in [0.3, 0.4) is 0 Å². The summed E-state index contributed by atoms with van der Waals surface area (Å²) in [5.74, 6) is -0.673. The lowest BCUT2D eigenvalue weighted by molar-refractivity contribution is 0.0666. The highest BCUT2D eigenvalue weighted by molar-refractivity contribution is 6.00. The molecule has 0 saturated heterocycles. The van der Waals surface area contributed by atoms with Crippen molar-refractivity contribution in [2.45, 2.75) is 6.23 Å². The third-order valence-electron chi connectivity index (χ3n) is 1.57. The van der Waals surface area contributed by atoms with E-state index in [1.54, 1.807) is 23.5 Å². The van der Waals surface area contributed by atoms with Crippen LogP contribution in [0.5, 0.6) is 0 Å². The fourth-order valence-corrected chi connectivity index (χ4v) is 0.943. The molecule has 0 fully saturated rings. The second-order valence-corrected chi connectivity index (χ2v) is 2.58. The van der Waals surface area contributed by atoms with Gasteiger partial charge in [-0.25, -0.2) is 4.79 Å². The molecule has 1 aromatic carbocycles. The van der Waals surface area contributed by atoms with Gasteiger partial charge in [0, 0.05) is 5.56 Å². The summed E-state index contributed by atoms with van der Waals surface area (Å²) in [5.41, 5.74) is 0.258. The summed E-state index contributed by atoms with van der Waals surface area (Å²) in [7, 11) is 0. The van der Waals surface area contributed by atoms with Crippen molar-refractivity contribution in [3.8, 4) is 0 Å². The number of rotatable bonds is 3. The largest absolute Gasteiger partial charge is 0.465 e. The molecule has 1 aromatic rings. The van der Waals surface area contributed by atoms with Gasteiger partial charge in [-0.3, -0.25) is 10.1 Å². The van der Waals surface area contributed by atoms with E-state index in [0.717, 1.165) is 0 Å². The van der Waals surface area contributed by atoms with Crippen LogP contribution < -0.4 is 5.32 Å². The Bertz CT molecular complexity index is 336. The molecular formula is C9H9NO4. The van der Waals surface area contributed by atoms with E-state index in [0.29, 0.717) is 0 Å². The van der Waals surface area contributed by atoms with Gasteiger partial charge in [0.2, 0.25) is 5.78 Å². The predicted octanol–water partition coefficient (Wildman–Crippen LogP) is 0.455. The van der Waals surface area contributed by atoms with Gasteiger partial charge in [-0.1, -0.05) is 30.3 Å². The number of aliphatic hydroxyl groups excluding tert-OH is 1. The predicted molar refractivity (Wildman–Crippen MR) is 47.9 cm³/mol. The molecule has 1 rings (SSSR count). The number of aliphatic hydroxyl groups is 1. The average Bonchev–Trinajstić information content (AvgIpc) is 2.17. The van der Waals surface area contributed by atoms with Gasteiger partial charge in [-0.05, 0) is 0 Å². The first kappa shape index (κ1) is 10.2. The molecule has 0 radical (unpaired) electrons. The number of carbonyl (C=O) groups excluding carboxylic acids is 1. The topological polar surface area (TPSA) is 86.6 Å². The summed E-state index contributed by atoms with van der Waals surface area (Å²) in [4.78, 5) is 21.4. The zero-order valence-corrected chi connectivity index (χ0v) is 7.18. The van der Waals surface area contributed by atoms with Crippen molar-refractivity contribution < 1.29 is 19.8 Å². The van der Waals surface area contributed by atoms with E-state index in [2.05, 4.69) is 0 Å². The number of carbonyl (C=O) groups is 2. The molecule has 0 aromatic heterocycles. The van der Waals surface area contributed by atoms with Gasteiger partial charge in [0.1, 0.15) is 0 Å². The maximum atomic E-state index is 11.3. The summed E-state index contributed by atoms with van der Waals surface area (Å²) < 4.78 is 0. The first-order chi connectivity index (χ1) is 6.61. The summed E-state index contributed by atoms with van der Waals surface area (Å²) >= 11 is 0. The van der Waals surface area contributed by atoms with E-state index in [1.807, 2.05) is 0 Å². The van der Waals surface area contributed by atoms with Crippen molar-refractivity contribution in [2.75, 3.05) is 0 Å². The van der Waals surface area contributed by atoms with Gasteiger partial charge < -0.3 is 10.2 Å². The number of amides is 1. The van der Waals surface area contributed by atoms with E-state index in [1.165, 1.54) is 12.1 Å². The number of Topliss-reactive ketones (excluding diaryl/α,β-unsaturated/α-hetero) is 1. The molecule has 0 aliphatic heterocycles. The van der Waals surface area contributed by atoms with Crippen LogP contribution in [0.1, 0.15) is 10.4 Å².